The zero-order valence-electron chi connectivity index (χ0n) is 69.2. The lowest BCUT2D eigenvalue weighted by Gasteiger charge is -2.38. The molecular weight excluding hydrogens is 1430 g/mol. The smallest absolute Gasteiger partial charge is 0.251 e. The van der Waals surface area contributed by atoms with Gasteiger partial charge in [0.25, 0.3) is 5.91 Å². The number of benzene rings is 1. The van der Waals surface area contributed by atoms with Crippen LogP contribution in [0.4, 0.5) is 4.39 Å². The van der Waals surface area contributed by atoms with Crippen LogP contribution in [0.1, 0.15) is 429 Å². The summed E-state index contributed by atoms with van der Waals surface area (Å²) in [6, 6.07) is 5.81. The van der Waals surface area contributed by atoms with E-state index in [2.05, 4.69) is 85.8 Å². The minimum absolute atomic E-state index is 0. The number of morpholine rings is 1. The van der Waals surface area contributed by atoms with Gasteiger partial charge < -0.3 is 29.9 Å². The average molecular weight is 1620 g/mol. The molecule has 10 rings (SSSR count). The van der Waals surface area contributed by atoms with Crippen LogP contribution in [0, 0.1) is 55.7 Å². The Morgan fingerprint density at radius 3 is 1.27 bits per heavy atom. The zero-order chi connectivity index (χ0) is 76.9. The highest BCUT2D eigenvalue weighted by atomic mass is 32.2. The Hall–Kier alpha value is -3.81. The topological polar surface area (TPSA) is 187 Å². The maximum atomic E-state index is 13.0. The quantitative estimate of drug-likeness (QED) is 0.0261. The van der Waals surface area contributed by atoms with Crippen molar-refractivity contribution in [1.29, 1.82) is 0 Å². The van der Waals surface area contributed by atoms with E-state index in [-0.39, 0.29) is 90.4 Å². The second-order valence-corrected chi connectivity index (χ2v) is 38.9. The first kappa shape index (κ1) is 122. The summed E-state index contributed by atoms with van der Waals surface area (Å²) < 4.78 is 45.0. The lowest BCUT2D eigenvalue weighted by molar-refractivity contribution is -0.127. The van der Waals surface area contributed by atoms with Crippen LogP contribution in [0.15, 0.2) is 29.4 Å². The molecule has 8 aliphatic carbocycles. The second kappa shape index (κ2) is 65.1. The van der Waals surface area contributed by atoms with Crippen molar-refractivity contribution in [3.63, 3.8) is 0 Å². The number of rotatable bonds is 29. The van der Waals surface area contributed by atoms with E-state index in [0.717, 1.165) is 91.1 Å². The van der Waals surface area contributed by atoms with Crippen molar-refractivity contribution >= 4 is 27.6 Å². The predicted octanol–water partition coefficient (Wildman–Crippen LogP) is 28.4. The molecular formula is C96H193FN8O7S. The number of azide groups is 1. The van der Waals surface area contributed by atoms with Gasteiger partial charge in [-0.25, -0.2) is 19.4 Å². The van der Waals surface area contributed by atoms with Crippen LogP contribution in [0.2, 0.25) is 0 Å². The fourth-order valence-corrected chi connectivity index (χ4v) is 18.5. The maximum absolute atomic E-state index is 13.0. The molecule has 0 spiro atoms. The van der Waals surface area contributed by atoms with Crippen molar-refractivity contribution in [2.45, 2.75) is 419 Å². The molecule has 17 heteroatoms. The summed E-state index contributed by atoms with van der Waals surface area (Å²) in [7, 11) is 0.948. The molecule has 1 saturated heterocycles. The molecule has 1 aliphatic heterocycles. The second-order valence-electron chi connectivity index (χ2n) is 36.7. The van der Waals surface area contributed by atoms with E-state index in [0.29, 0.717) is 67.7 Å². The van der Waals surface area contributed by atoms with Crippen molar-refractivity contribution in [3.05, 3.63) is 57.5 Å². The third-order valence-corrected chi connectivity index (χ3v) is 27.0. The lowest BCUT2D eigenvalue weighted by atomic mass is 9.68. The van der Waals surface area contributed by atoms with Crippen molar-refractivity contribution < 1.29 is 36.7 Å². The number of amides is 3. The normalized spacial score (nSPS) is 19.7. The third-order valence-electron chi connectivity index (χ3n) is 26.0. The molecule has 15 nitrogen and oxygen atoms in total. The van der Waals surface area contributed by atoms with Crippen molar-refractivity contribution in [2.24, 2.45) is 48.4 Å². The Morgan fingerprint density at radius 2 is 0.912 bits per heavy atom. The van der Waals surface area contributed by atoms with E-state index < -0.39 is 9.84 Å². The molecule has 1 aromatic rings. The first-order chi connectivity index (χ1) is 49.3. The van der Waals surface area contributed by atoms with Crippen LogP contribution >= 0.6 is 0 Å². The number of halogens is 1. The van der Waals surface area contributed by atoms with E-state index in [9.17, 15) is 27.2 Å². The fourth-order valence-electron chi connectivity index (χ4n) is 17.8. The number of nitrogens with zero attached hydrogens (tertiary/aromatic N) is 6. The van der Waals surface area contributed by atoms with Gasteiger partial charge in [-0.3, -0.25) is 19.3 Å². The lowest BCUT2D eigenvalue weighted by Crippen LogP contribution is -2.38. The van der Waals surface area contributed by atoms with E-state index in [1.165, 1.54) is 269 Å². The maximum Gasteiger partial charge on any atom is 0.251 e. The number of carbonyl (C=O) groups is 3. The summed E-state index contributed by atoms with van der Waals surface area (Å²) in [5.74, 6) is 0.0856. The van der Waals surface area contributed by atoms with Gasteiger partial charge in [-0.2, -0.15) is 0 Å². The summed E-state index contributed by atoms with van der Waals surface area (Å²) >= 11 is 0. The fraction of sp³-hybridized carbons (Fsp3) is 0.896. The van der Waals surface area contributed by atoms with Crippen molar-refractivity contribution in [3.8, 4) is 0 Å². The van der Waals surface area contributed by atoms with Gasteiger partial charge in [0.1, 0.15) is 15.7 Å². The molecule has 0 radical (unpaired) electrons. The first-order valence-electron chi connectivity index (χ1n) is 42.1. The van der Waals surface area contributed by atoms with Gasteiger partial charge in [-0.05, 0) is 253 Å². The molecule has 9 aliphatic rings. The number of nitrogens with one attached hydrogen (secondary N) is 2. The van der Waals surface area contributed by atoms with Crippen LogP contribution in [0.25, 0.3) is 15.3 Å². The Kier molecular flexibility index (Phi) is 70.5. The van der Waals surface area contributed by atoms with Crippen LogP contribution in [0.5, 0.6) is 0 Å². The third kappa shape index (κ3) is 56.3. The number of hydrogen-bond acceptors (Lipinski definition) is 9. The molecule has 3 amide bonds. The summed E-state index contributed by atoms with van der Waals surface area (Å²) in [5.41, 5.74) is 12.9. The largest absolute Gasteiger partial charge is 0.385 e. The van der Waals surface area contributed by atoms with Gasteiger partial charge in [0.05, 0.1) is 13.2 Å². The molecule has 1 heterocycles. The molecule has 9 fully saturated rings. The summed E-state index contributed by atoms with van der Waals surface area (Å²) in [6.07, 6.45) is 59.2. The summed E-state index contributed by atoms with van der Waals surface area (Å²) in [5, 5.41) is 9.26. The molecule has 1 aromatic carbocycles. The summed E-state index contributed by atoms with van der Waals surface area (Å²) in [4.78, 5) is 43.9. The van der Waals surface area contributed by atoms with E-state index in [4.69, 9.17) is 21.6 Å². The SMILES string of the molecule is C.C.C.C.C.C.C.C.C.CC(=O)N(C)CCC1(C)CCCC1.CC(=O)NCCCC1(C)CCCC1.CC1(CCCN=[N+]=[N-])CCCC1.CC1(CCCS(C)(=O)=O)CCC1.CC1(CCN2CCOCC2)CCCC1.CC1(CCNC(=O)c2cccc(F)c2)CCCC1.COCCCC1(C)CCCC1.[C-]#[N+]CCCC1(C)CCCC1. The number of hydrogen-bond donors (Lipinski definition) is 2. The van der Waals surface area contributed by atoms with Gasteiger partial charge in [0, 0.05) is 103 Å². The van der Waals surface area contributed by atoms with Crippen LogP contribution in [-0.4, -0.2) is 134 Å². The highest BCUT2D eigenvalue weighted by Crippen LogP contribution is 2.47. The number of carbonyl (C=O) groups excluding carboxylic acids is 3. The number of methoxy groups -OCH3 is 1. The Balaban J connectivity index is -0.000000226. The van der Waals surface area contributed by atoms with Gasteiger partial charge in [-0.15, -0.1) is 0 Å². The molecule has 0 atom stereocenters. The molecule has 0 unspecified atom stereocenters. The standard InChI is InChI=1S/C15H20FNO.C12H23NO.2C11H21NO.C10H17N.C10H20O.C9H17N3.C9H18O2S.9CH4/c1-15(7-2-3-8-15)9-10-17-14(18)12-5-4-6-13(16)11-12;1-12(4-2-3-5-12)6-7-13-8-10-14-11-9-13;1-10(13)12(3)9-8-11(2)6-4-5-7-11;1-10(13)12-9-5-8-11(2)6-3-4-7-11;2*1-10(6-3-4-7-10)8-5-9-11-2;1-9(5-2-3-6-9)7-4-8-11-12-10;1-9(5-3-6-9)7-4-8-12(2,10)11;;;;;;;;;/h4-6,11H,2-3,7-10H2,1H3,(H,17,18);2-11H2,1H3;4-9H2,1-3H3;3-9H2,1-2H3,(H,12,13);3-9H2,1H3;3-9H2,1-2H3;2-8H2,1H3;3-8H2,1-2H3;9*1H4. The minimum atomic E-state index is -2.73. The molecule has 113 heavy (non-hydrogen) atoms. The monoisotopic (exact) mass is 1620 g/mol. The molecule has 2 N–H and O–H groups in total. The average Bonchev–Trinajstić information content (AvgIpc) is 1.77. The Morgan fingerprint density at radius 1 is 0.540 bits per heavy atom. The van der Waals surface area contributed by atoms with E-state index >= 15 is 0 Å². The van der Waals surface area contributed by atoms with Crippen LogP contribution in [0.3, 0.4) is 0 Å². The number of sulfone groups is 1. The van der Waals surface area contributed by atoms with Crippen LogP contribution in [-0.2, 0) is 28.9 Å². The van der Waals surface area contributed by atoms with Gasteiger partial charge in [0.15, 0.2) is 0 Å². The van der Waals surface area contributed by atoms with Gasteiger partial charge in [0.2, 0.25) is 18.4 Å². The highest BCUT2D eigenvalue weighted by Gasteiger charge is 2.35. The summed E-state index contributed by atoms with van der Waals surface area (Å²) in [6.45, 7) is 39.1. The first-order valence-corrected chi connectivity index (χ1v) is 44.1. The highest BCUT2D eigenvalue weighted by molar-refractivity contribution is 7.90. The van der Waals surface area contributed by atoms with Gasteiger partial charge in [-0.1, -0.05) is 230 Å². The molecule has 8 saturated carbocycles. The number of ether oxygens (including phenoxy) is 2. The van der Waals surface area contributed by atoms with Crippen LogP contribution < -0.4 is 10.6 Å². The molecule has 672 valence electrons. The zero-order valence-corrected chi connectivity index (χ0v) is 70.1. The Labute approximate surface area is 703 Å². The van der Waals surface area contributed by atoms with Crippen molar-refractivity contribution in [2.75, 3.05) is 98.3 Å². The Bertz CT molecular complexity index is 2700. The molecule has 0 bridgehead atoms. The van der Waals surface area contributed by atoms with E-state index in [1.807, 2.05) is 11.9 Å². The van der Waals surface area contributed by atoms with Gasteiger partial charge >= 0.3 is 0 Å². The molecule has 0 aromatic heterocycles. The predicted molar refractivity (Wildman–Crippen MR) is 494 cm³/mol. The van der Waals surface area contributed by atoms with E-state index in [1.54, 1.807) is 33.1 Å². The minimum Gasteiger partial charge on any atom is -0.385 e. The van der Waals surface area contributed by atoms with Crippen molar-refractivity contribution in [1.82, 2.24) is 20.4 Å².